The van der Waals surface area contributed by atoms with Gasteiger partial charge >= 0.3 is 5.97 Å². The Labute approximate surface area is 129 Å². The number of benzene rings is 1. The number of carbonyl (C=O) groups excluding carboxylic acids is 3. The first-order valence-corrected chi connectivity index (χ1v) is 7.27. The van der Waals surface area contributed by atoms with Crippen LogP contribution in [0.2, 0.25) is 0 Å². The smallest absolute Gasteiger partial charge is 0.343 e. The van der Waals surface area contributed by atoms with E-state index >= 15 is 0 Å². The highest BCUT2D eigenvalue weighted by molar-refractivity contribution is 8.14. The Morgan fingerprint density at radius 2 is 1.95 bits per heavy atom. The molecule has 0 aliphatic carbocycles. The van der Waals surface area contributed by atoms with Crippen LogP contribution in [0.1, 0.15) is 23.7 Å². The number of rotatable bonds is 3. The van der Waals surface area contributed by atoms with Gasteiger partial charge in [0.1, 0.15) is 17.2 Å². The summed E-state index contributed by atoms with van der Waals surface area (Å²) in [4.78, 5) is 35.9. The second-order valence-corrected chi connectivity index (χ2v) is 6.16. The van der Waals surface area contributed by atoms with Crippen LogP contribution in [-0.2, 0) is 14.3 Å². The number of hydrogen-bond donors (Lipinski definition) is 0. The Balaban J connectivity index is 2.44. The summed E-state index contributed by atoms with van der Waals surface area (Å²) < 4.78 is 32.4. The number of anilines is 1. The van der Waals surface area contributed by atoms with E-state index in [1.165, 1.54) is 6.92 Å². The van der Waals surface area contributed by atoms with Crippen molar-refractivity contribution in [1.29, 1.82) is 0 Å². The number of carbonyl (C=O) groups is 3. The van der Waals surface area contributed by atoms with Crippen molar-refractivity contribution in [2.24, 2.45) is 0 Å². The summed E-state index contributed by atoms with van der Waals surface area (Å²) in [6.45, 7) is 1.38. The van der Waals surface area contributed by atoms with Crippen molar-refractivity contribution in [2.75, 3.05) is 18.6 Å². The van der Waals surface area contributed by atoms with Crippen LogP contribution in [-0.4, -0.2) is 35.9 Å². The van der Waals surface area contributed by atoms with Crippen LogP contribution < -0.4 is 4.90 Å². The molecule has 0 saturated carbocycles. The molecule has 1 saturated heterocycles. The molecule has 22 heavy (non-hydrogen) atoms. The van der Waals surface area contributed by atoms with Crippen LogP contribution in [0.15, 0.2) is 12.1 Å². The molecule has 0 N–H and O–H groups in total. The van der Waals surface area contributed by atoms with E-state index in [1.807, 2.05) is 0 Å². The lowest BCUT2D eigenvalue weighted by atomic mass is 10.1. The van der Waals surface area contributed by atoms with Gasteiger partial charge in [0.05, 0.1) is 12.8 Å². The van der Waals surface area contributed by atoms with Gasteiger partial charge < -0.3 is 9.64 Å². The highest BCUT2D eigenvalue weighted by Gasteiger charge is 2.36. The molecule has 8 heteroatoms. The molecule has 1 aromatic carbocycles. The van der Waals surface area contributed by atoms with Crippen LogP contribution in [0.25, 0.3) is 0 Å². The van der Waals surface area contributed by atoms with Crippen LogP contribution in [0, 0.1) is 11.6 Å². The quantitative estimate of drug-likeness (QED) is 0.795. The predicted molar refractivity (Wildman–Crippen MR) is 76.7 cm³/mol. The summed E-state index contributed by atoms with van der Waals surface area (Å²) in [5, 5.41) is -0.536. The van der Waals surface area contributed by atoms with Crippen molar-refractivity contribution in [3.05, 3.63) is 29.3 Å². The van der Waals surface area contributed by atoms with E-state index in [-0.39, 0.29) is 23.3 Å². The van der Waals surface area contributed by atoms with Crippen molar-refractivity contribution < 1.29 is 27.9 Å². The highest BCUT2D eigenvalue weighted by Crippen LogP contribution is 2.34. The SMILES string of the molecule is COC(=O)c1c(F)ccc(F)c1N1CC(SC(C)=O)CC1=O. The second-order valence-electron chi connectivity index (χ2n) is 4.68. The van der Waals surface area contributed by atoms with Crippen molar-refractivity contribution in [3.8, 4) is 0 Å². The molecule has 118 valence electrons. The zero-order valence-corrected chi connectivity index (χ0v) is 12.7. The predicted octanol–water partition coefficient (Wildman–Crippen LogP) is 2.14. The number of amides is 1. The number of hydrogen-bond acceptors (Lipinski definition) is 5. The van der Waals surface area contributed by atoms with Crippen LogP contribution in [0.3, 0.4) is 0 Å². The second kappa shape index (κ2) is 6.43. The van der Waals surface area contributed by atoms with Gasteiger partial charge in [0.2, 0.25) is 5.91 Å². The number of ether oxygens (including phenoxy) is 1. The molecule has 1 atom stereocenters. The Morgan fingerprint density at radius 1 is 1.32 bits per heavy atom. The topological polar surface area (TPSA) is 63.7 Å². The van der Waals surface area contributed by atoms with Gasteiger partial charge in [-0.3, -0.25) is 9.59 Å². The molecule has 5 nitrogen and oxygen atoms in total. The molecule has 2 rings (SSSR count). The maximum absolute atomic E-state index is 14.1. The van der Waals surface area contributed by atoms with Gasteiger partial charge in [-0.05, 0) is 12.1 Å². The first-order chi connectivity index (χ1) is 10.3. The molecular formula is C14H13F2NO4S. The molecule has 0 bridgehead atoms. The lowest BCUT2D eigenvalue weighted by Crippen LogP contribution is -2.29. The third-order valence-electron chi connectivity index (χ3n) is 3.16. The molecule has 1 heterocycles. The fourth-order valence-electron chi connectivity index (χ4n) is 2.31. The first kappa shape index (κ1) is 16.4. The molecule has 0 radical (unpaired) electrons. The standard InChI is InChI=1S/C14H13F2NO4S/c1-7(18)22-8-5-11(19)17(6-8)13-10(16)4-3-9(15)12(13)14(20)21-2/h3-4,8H,5-6H2,1-2H3. The zero-order valence-electron chi connectivity index (χ0n) is 11.9. The van der Waals surface area contributed by atoms with E-state index < -0.39 is 34.8 Å². The van der Waals surface area contributed by atoms with Gasteiger partial charge in [-0.15, -0.1) is 0 Å². The first-order valence-electron chi connectivity index (χ1n) is 6.39. The molecule has 1 unspecified atom stereocenters. The summed E-state index contributed by atoms with van der Waals surface area (Å²) in [6, 6.07) is 1.64. The highest BCUT2D eigenvalue weighted by atomic mass is 32.2. The number of halogens is 2. The Hall–Kier alpha value is -1.96. The summed E-state index contributed by atoms with van der Waals surface area (Å²) >= 11 is 0.961. The minimum absolute atomic E-state index is 0.0147. The van der Waals surface area contributed by atoms with Gasteiger partial charge in [-0.1, -0.05) is 11.8 Å². The van der Waals surface area contributed by atoms with Gasteiger partial charge in [-0.25, -0.2) is 13.6 Å². The minimum Gasteiger partial charge on any atom is -0.465 e. The van der Waals surface area contributed by atoms with Gasteiger partial charge in [-0.2, -0.15) is 0 Å². The largest absolute Gasteiger partial charge is 0.465 e. The molecule has 0 spiro atoms. The van der Waals surface area contributed by atoms with E-state index in [9.17, 15) is 23.2 Å². The molecular weight excluding hydrogens is 316 g/mol. The Morgan fingerprint density at radius 3 is 2.55 bits per heavy atom. The average molecular weight is 329 g/mol. The molecule has 0 aromatic heterocycles. The van der Waals surface area contributed by atoms with E-state index in [2.05, 4.69) is 4.74 Å². The molecule has 1 aliphatic rings. The molecule has 1 amide bonds. The third-order valence-corrected chi connectivity index (χ3v) is 4.14. The lowest BCUT2D eigenvalue weighted by molar-refractivity contribution is -0.117. The normalized spacial score (nSPS) is 17.7. The lowest BCUT2D eigenvalue weighted by Gasteiger charge is -2.20. The number of thioether (sulfide) groups is 1. The van der Waals surface area contributed by atoms with E-state index in [4.69, 9.17) is 0 Å². The third kappa shape index (κ3) is 3.11. The monoisotopic (exact) mass is 329 g/mol. The summed E-state index contributed by atoms with van der Waals surface area (Å²) in [5.74, 6) is -3.42. The molecule has 1 aromatic rings. The Bertz CT molecular complexity index is 650. The summed E-state index contributed by atoms with van der Waals surface area (Å²) in [5.41, 5.74) is -1.06. The van der Waals surface area contributed by atoms with Gasteiger partial charge in [0.25, 0.3) is 0 Å². The van der Waals surface area contributed by atoms with Crippen LogP contribution >= 0.6 is 11.8 Å². The van der Waals surface area contributed by atoms with Crippen LogP contribution in [0.4, 0.5) is 14.5 Å². The average Bonchev–Trinajstić information content (AvgIpc) is 2.79. The fourth-order valence-corrected chi connectivity index (χ4v) is 3.22. The number of methoxy groups -OCH3 is 1. The number of nitrogens with zero attached hydrogens (tertiary/aromatic N) is 1. The maximum atomic E-state index is 14.1. The zero-order chi connectivity index (χ0) is 16.4. The van der Waals surface area contributed by atoms with Gasteiger partial charge in [0, 0.05) is 25.1 Å². The van der Waals surface area contributed by atoms with E-state index in [1.54, 1.807) is 0 Å². The van der Waals surface area contributed by atoms with Gasteiger partial charge in [0.15, 0.2) is 5.12 Å². The number of esters is 1. The molecule has 1 fully saturated rings. The van der Waals surface area contributed by atoms with Crippen molar-refractivity contribution >= 4 is 34.4 Å². The van der Waals surface area contributed by atoms with Crippen molar-refractivity contribution in [2.45, 2.75) is 18.6 Å². The summed E-state index contributed by atoms with van der Waals surface area (Å²) in [7, 11) is 1.04. The summed E-state index contributed by atoms with van der Waals surface area (Å²) in [6.07, 6.45) is 0.0147. The minimum atomic E-state index is -1.07. The fraction of sp³-hybridized carbons (Fsp3) is 0.357. The van der Waals surface area contributed by atoms with Crippen LogP contribution in [0.5, 0.6) is 0 Å². The van der Waals surface area contributed by atoms with E-state index in [0.717, 1.165) is 35.9 Å². The van der Waals surface area contributed by atoms with Crippen molar-refractivity contribution in [3.63, 3.8) is 0 Å². The van der Waals surface area contributed by atoms with E-state index in [0.29, 0.717) is 0 Å². The van der Waals surface area contributed by atoms with Crippen molar-refractivity contribution in [1.82, 2.24) is 0 Å². The molecule has 1 aliphatic heterocycles. The maximum Gasteiger partial charge on any atom is 0.343 e. The Kier molecular flexibility index (Phi) is 4.80.